The van der Waals surface area contributed by atoms with Crippen LogP contribution in [0, 0.1) is 5.92 Å². The normalized spacial score (nSPS) is 19.9. The first-order valence-electron chi connectivity index (χ1n) is 7.50. The molecule has 0 unspecified atom stereocenters. The molecule has 2 rings (SSSR count). The van der Waals surface area contributed by atoms with Gasteiger partial charge >= 0.3 is 12.0 Å². The summed E-state index contributed by atoms with van der Waals surface area (Å²) in [6, 6.07) is 0.0291. The standard InChI is InChI=1S/C14H25N3O3/c1-15(6-2-3-13(18)19)14(20)17-9-7-16(8-10-17)11-12-4-5-12/h12H,2-11H2,1H3,(H,18,19). The Morgan fingerprint density at radius 2 is 1.85 bits per heavy atom. The predicted octanol–water partition coefficient (Wildman–Crippen LogP) is 0.931. The molecule has 0 radical (unpaired) electrons. The highest BCUT2D eigenvalue weighted by atomic mass is 16.4. The summed E-state index contributed by atoms with van der Waals surface area (Å²) in [6.45, 7) is 5.20. The molecule has 1 heterocycles. The van der Waals surface area contributed by atoms with Gasteiger partial charge in [0.15, 0.2) is 0 Å². The van der Waals surface area contributed by atoms with E-state index in [1.807, 2.05) is 4.90 Å². The van der Waals surface area contributed by atoms with E-state index in [0.717, 1.165) is 32.1 Å². The van der Waals surface area contributed by atoms with Crippen LogP contribution in [0.5, 0.6) is 0 Å². The van der Waals surface area contributed by atoms with Gasteiger partial charge < -0.3 is 14.9 Å². The van der Waals surface area contributed by atoms with Crippen LogP contribution in [0.2, 0.25) is 0 Å². The second-order valence-corrected chi connectivity index (χ2v) is 5.93. The zero-order valence-electron chi connectivity index (χ0n) is 12.3. The van der Waals surface area contributed by atoms with Crippen LogP contribution >= 0.6 is 0 Å². The third-order valence-corrected chi connectivity index (χ3v) is 4.07. The minimum Gasteiger partial charge on any atom is -0.481 e. The number of hydrogen-bond acceptors (Lipinski definition) is 3. The van der Waals surface area contributed by atoms with E-state index in [-0.39, 0.29) is 12.5 Å². The number of carbonyl (C=O) groups is 2. The number of rotatable bonds is 6. The molecule has 1 aliphatic heterocycles. The Morgan fingerprint density at radius 1 is 1.20 bits per heavy atom. The van der Waals surface area contributed by atoms with E-state index >= 15 is 0 Å². The third kappa shape index (κ3) is 4.67. The fourth-order valence-electron chi connectivity index (χ4n) is 2.59. The van der Waals surface area contributed by atoms with Gasteiger partial charge in [0.25, 0.3) is 0 Å². The first-order chi connectivity index (χ1) is 9.56. The van der Waals surface area contributed by atoms with Crippen molar-refractivity contribution in [3.63, 3.8) is 0 Å². The molecule has 2 aliphatic rings. The maximum absolute atomic E-state index is 12.2. The molecular formula is C14H25N3O3. The molecule has 0 aromatic rings. The van der Waals surface area contributed by atoms with E-state index in [0.29, 0.717) is 13.0 Å². The molecule has 2 amide bonds. The molecule has 6 nitrogen and oxygen atoms in total. The van der Waals surface area contributed by atoms with Gasteiger partial charge in [-0.05, 0) is 25.2 Å². The van der Waals surface area contributed by atoms with E-state index in [1.54, 1.807) is 11.9 Å². The minimum absolute atomic E-state index is 0.0291. The summed E-state index contributed by atoms with van der Waals surface area (Å²) < 4.78 is 0. The minimum atomic E-state index is -0.806. The van der Waals surface area contributed by atoms with Crippen molar-refractivity contribution in [1.29, 1.82) is 0 Å². The van der Waals surface area contributed by atoms with Crippen LogP contribution in [0.25, 0.3) is 0 Å². The summed E-state index contributed by atoms with van der Waals surface area (Å²) in [5.41, 5.74) is 0. The van der Waals surface area contributed by atoms with E-state index in [1.165, 1.54) is 19.4 Å². The third-order valence-electron chi connectivity index (χ3n) is 4.07. The molecule has 0 spiro atoms. The number of carboxylic acid groups (broad SMARTS) is 1. The molecule has 0 aromatic carbocycles. The average molecular weight is 283 g/mol. The number of carboxylic acids is 1. The van der Waals surface area contributed by atoms with Gasteiger partial charge in [-0.25, -0.2) is 4.79 Å². The van der Waals surface area contributed by atoms with Crippen molar-refractivity contribution >= 4 is 12.0 Å². The average Bonchev–Trinajstić information content (AvgIpc) is 3.22. The molecule has 0 atom stereocenters. The second kappa shape index (κ2) is 6.92. The Kier molecular flexibility index (Phi) is 5.23. The number of urea groups is 1. The van der Waals surface area contributed by atoms with Crippen LogP contribution in [-0.4, -0.2) is 78.1 Å². The van der Waals surface area contributed by atoms with Crippen molar-refractivity contribution in [2.45, 2.75) is 25.7 Å². The molecule has 1 saturated carbocycles. The summed E-state index contributed by atoms with van der Waals surface area (Å²) in [7, 11) is 1.75. The van der Waals surface area contributed by atoms with Crippen molar-refractivity contribution in [3.8, 4) is 0 Å². The van der Waals surface area contributed by atoms with E-state index < -0.39 is 5.97 Å². The summed E-state index contributed by atoms with van der Waals surface area (Å²) in [5.74, 6) is 0.0930. The summed E-state index contributed by atoms with van der Waals surface area (Å²) >= 11 is 0. The first kappa shape index (κ1) is 15.1. The molecule has 20 heavy (non-hydrogen) atoms. The lowest BCUT2D eigenvalue weighted by Crippen LogP contribution is -2.52. The smallest absolute Gasteiger partial charge is 0.319 e. The van der Waals surface area contributed by atoms with Crippen molar-refractivity contribution in [3.05, 3.63) is 0 Å². The van der Waals surface area contributed by atoms with Gasteiger partial charge in [0.05, 0.1) is 0 Å². The van der Waals surface area contributed by atoms with Gasteiger partial charge in [-0.2, -0.15) is 0 Å². The van der Waals surface area contributed by atoms with Crippen LogP contribution in [0.3, 0.4) is 0 Å². The fourth-order valence-corrected chi connectivity index (χ4v) is 2.59. The van der Waals surface area contributed by atoms with E-state index in [4.69, 9.17) is 5.11 Å². The van der Waals surface area contributed by atoms with Gasteiger partial charge in [-0.3, -0.25) is 9.69 Å². The number of nitrogens with zero attached hydrogens (tertiary/aromatic N) is 3. The zero-order valence-corrected chi connectivity index (χ0v) is 12.3. The molecule has 1 saturated heterocycles. The Labute approximate surface area is 120 Å². The maximum atomic E-state index is 12.2. The first-order valence-corrected chi connectivity index (χ1v) is 7.50. The van der Waals surface area contributed by atoms with Crippen LogP contribution in [0.1, 0.15) is 25.7 Å². The highest BCUT2D eigenvalue weighted by Gasteiger charge is 2.28. The Bertz CT molecular complexity index is 350. The number of aliphatic carboxylic acids is 1. The van der Waals surface area contributed by atoms with Gasteiger partial charge in [0.1, 0.15) is 0 Å². The highest BCUT2D eigenvalue weighted by Crippen LogP contribution is 2.29. The molecule has 0 aromatic heterocycles. The molecule has 0 bridgehead atoms. The monoisotopic (exact) mass is 283 g/mol. The topological polar surface area (TPSA) is 64.1 Å². The summed E-state index contributed by atoms with van der Waals surface area (Å²) in [6.07, 6.45) is 3.36. The number of amides is 2. The quantitative estimate of drug-likeness (QED) is 0.787. The fraction of sp³-hybridized carbons (Fsp3) is 0.857. The SMILES string of the molecule is CN(CCCC(=O)O)C(=O)N1CCN(CC2CC2)CC1. The Balaban J connectivity index is 1.66. The number of piperazine rings is 1. The van der Waals surface area contributed by atoms with Gasteiger partial charge in [0.2, 0.25) is 0 Å². The van der Waals surface area contributed by atoms with Crippen molar-refractivity contribution < 1.29 is 14.7 Å². The number of carbonyl (C=O) groups excluding carboxylic acids is 1. The van der Waals surface area contributed by atoms with Crippen LogP contribution in [0.15, 0.2) is 0 Å². The number of hydrogen-bond donors (Lipinski definition) is 1. The van der Waals surface area contributed by atoms with Gasteiger partial charge in [0, 0.05) is 52.7 Å². The maximum Gasteiger partial charge on any atom is 0.319 e. The van der Waals surface area contributed by atoms with Crippen LogP contribution in [0.4, 0.5) is 4.79 Å². The molecule has 6 heteroatoms. The molecule has 1 N–H and O–H groups in total. The van der Waals surface area contributed by atoms with Gasteiger partial charge in [-0.1, -0.05) is 0 Å². The molecule has 2 fully saturated rings. The zero-order chi connectivity index (χ0) is 14.5. The van der Waals surface area contributed by atoms with Crippen LogP contribution < -0.4 is 0 Å². The van der Waals surface area contributed by atoms with E-state index in [2.05, 4.69) is 4.90 Å². The van der Waals surface area contributed by atoms with Crippen molar-refractivity contribution in [2.75, 3.05) is 46.3 Å². The Hall–Kier alpha value is -1.30. The summed E-state index contributed by atoms with van der Waals surface area (Å²) in [4.78, 5) is 28.6. The lowest BCUT2D eigenvalue weighted by Gasteiger charge is -2.36. The van der Waals surface area contributed by atoms with Crippen molar-refractivity contribution in [1.82, 2.24) is 14.7 Å². The van der Waals surface area contributed by atoms with E-state index in [9.17, 15) is 9.59 Å². The highest BCUT2D eigenvalue weighted by molar-refractivity contribution is 5.74. The lowest BCUT2D eigenvalue weighted by molar-refractivity contribution is -0.137. The lowest BCUT2D eigenvalue weighted by atomic mass is 10.2. The Morgan fingerprint density at radius 3 is 2.40 bits per heavy atom. The molecule has 114 valence electrons. The van der Waals surface area contributed by atoms with Crippen molar-refractivity contribution in [2.24, 2.45) is 5.92 Å². The second-order valence-electron chi connectivity index (χ2n) is 5.93. The van der Waals surface area contributed by atoms with Gasteiger partial charge in [-0.15, -0.1) is 0 Å². The largest absolute Gasteiger partial charge is 0.481 e. The molecule has 1 aliphatic carbocycles. The van der Waals surface area contributed by atoms with Crippen LogP contribution in [-0.2, 0) is 4.79 Å². The predicted molar refractivity (Wildman–Crippen MR) is 75.6 cm³/mol. The molecular weight excluding hydrogens is 258 g/mol. The summed E-state index contributed by atoms with van der Waals surface area (Å²) in [5, 5.41) is 8.60.